The van der Waals surface area contributed by atoms with E-state index in [2.05, 4.69) is 9.36 Å². The van der Waals surface area contributed by atoms with Crippen molar-refractivity contribution in [2.24, 2.45) is 0 Å². The normalized spacial score (nSPS) is 20.9. The summed E-state index contributed by atoms with van der Waals surface area (Å²) in [6.07, 6.45) is 2.41. The highest BCUT2D eigenvalue weighted by Gasteiger charge is 2.32. The van der Waals surface area contributed by atoms with Crippen molar-refractivity contribution >= 4 is 22.6 Å². The Labute approximate surface area is 91.9 Å². The monoisotopic (exact) mass is 227 g/mol. The fourth-order valence-corrected chi connectivity index (χ4v) is 2.58. The zero-order chi connectivity index (χ0) is 10.8. The molecule has 2 heterocycles. The molecule has 1 aromatic rings. The maximum atomic E-state index is 11.0. The van der Waals surface area contributed by atoms with Gasteiger partial charge in [0.25, 0.3) is 0 Å². The van der Waals surface area contributed by atoms with Crippen molar-refractivity contribution < 1.29 is 9.90 Å². The van der Waals surface area contributed by atoms with E-state index in [1.807, 2.05) is 11.8 Å². The second-order valence-electron chi connectivity index (χ2n) is 3.54. The van der Waals surface area contributed by atoms with Crippen LogP contribution >= 0.6 is 11.5 Å². The standard InChI is InChI=1S/C9H13N3O2S/c1-2-7-10-9(15-11-7)12-5-3-4-6(12)8(13)14/h6H,2-5H2,1H3,(H,13,14). The van der Waals surface area contributed by atoms with Gasteiger partial charge >= 0.3 is 5.97 Å². The first-order chi connectivity index (χ1) is 7.22. The molecule has 0 aliphatic carbocycles. The molecular formula is C9H13N3O2S. The Morgan fingerprint density at radius 1 is 1.73 bits per heavy atom. The van der Waals surface area contributed by atoms with Crippen LogP contribution in [0.1, 0.15) is 25.6 Å². The minimum atomic E-state index is -0.763. The maximum absolute atomic E-state index is 11.0. The van der Waals surface area contributed by atoms with Crippen LogP contribution in [0.25, 0.3) is 0 Å². The lowest BCUT2D eigenvalue weighted by molar-refractivity contribution is -0.138. The molecule has 2 rings (SSSR count). The van der Waals surface area contributed by atoms with Gasteiger partial charge in [0.1, 0.15) is 11.9 Å². The average molecular weight is 227 g/mol. The average Bonchev–Trinajstić information content (AvgIpc) is 2.85. The summed E-state index contributed by atoms with van der Waals surface area (Å²) in [7, 11) is 0. The van der Waals surface area contributed by atoms with E-state index >= 15 is 0 Å². The molecule has 5 nitrogen and oxygen atoms in total. The molecule has 0 spiro atoms. The zero-order valence-corrected chi connectivity index (χ0v) is 9.33. The second kappa shape index (κ2) is 4.14. The summed E-state index contributed by atoms with van der Waals surface area (Å²) < 4.78 is 4.17. The van der Waals surface area contributed by atoms with E-state index in [-0.39, 0.29) is 0 Å². The molecule has 1 fully saturated rings. The number of aryl methyl sites for hydroxylation is 1. The van der Waals surface area contributed by atoms with Gasteiger partial charge in [0.05, 0.1) is 0 Å². The molecule has 0 aromatic carbocycles. The largest absolute Gasteiger partial charge is 0.480 e. The first kappa shape index (κ1) is 10.4. The summed E-state index contributed by atoms with van der Waals surface area (Å²) in [6.45, 7) is 2.76. The van der Waals surface area contributed by atoms with Gasteiger partial charge in [0.15, 0.2) is 0 Å². The number of hydrogen-bond acceptors (Lipinski definition) is 5. The fourth-order valence-electron chi connectivity index (χ4n) is 1.76. The van der Waals surface area contributed by atoms with Crippen molar-refractivity contribution in [3.63, 3.8) is 0 Å². The van der Waals surface area contributed by atoms with Gasteiger partial charge in [0, 0.05) is 24.5 Å². The number of aliphatic carboxylic acids is 1. The fraction of sp³-hybridized carbons (Fsp3) is 0.667. The van der Waals surface area contributed by atoms with Gasteiger partial charge in [-0.15, -0.1) is 0 Å². The third-order valence-electron chi connectivity index (χ3n) is 2.56. The summed E-state index contributed by atoms with van der Waals surface area (Å²) in [5, 5.41) is 9.77. The van der Waals surface area contributed by atoms with Crippen molar-refractivity contribution in [2.75, 3.05) is 11.4 Å². The molecule has 6 heteroatoms. The van der Waals surface area contributed by atoms with Crippen molar-refractivity contribution in [1.82, 2.24) is 9.36 Å². The molecule has 0 amide bonds. The molecular weight excluding hydrogens is 214 g/mol. The highest BCUT2D eigenvalue weighted by Crippen LogP contribution is 2.27. The number of carboxylic acid groups (broad SMARTS) is 1. The Hall–Kier alpha value is -1.17. The first-order valence-electron chi connectivity index (χ1n) is 5.04. The van der Waals surface area contributed by atoms with E-state index < -0.39 is 12.0 Å². The van der Waals surface area contributed by atoms with E-state index in [1.165, 1.54) is 11.5 Å². The van der Waals surface area contributed by atoms with Gasteiger partial charge < -0.3 is 10.0 Å². The van der Waals surface area contributed by atoms with Crippen molar-refractivity contribution in [2.45, 2.75) is 32.2 Å². The summed E-state index contributed by atoms with van der Waals surface area (Å²) >= 11 is 1.29. The van der Waals surface area contributed by atoms with Crippen LogP contribution in [0.15, 0.2) is 0 Å². The quantitative estimate of drug-likeness (QED) is 0.839. The number of rotatable bonds is 3. The lowest BCUT2D eigenvalue weighted by Gasteiger charge is -2.19. The van der Waals surface area contributed by atoms with Gasteiger partial charge in [-0.05, 0) is 12.8 Å². The highest BCUT2D eigenvalue weighted by molar-refractivity contribution is 7.09. The van der Waals surface area contributed by atoms with Crippen LogP contribution in [0, 0.1) is 0 Å². The lowest BCUT2D eigenvalue weighted by atomic mass is 10.2. The van der Waals surface area contributed by atoms with E-state index in [4.69, 9.17) is 5.11 Å². The van der Waals surface area contributed by atoms with Crippen LogP contribution in [0.3, 0.4) is 0 Å². The van der Waals surface area contributed by atoms with E-state index in [0.29, 0.717) is 6.42 Å². The van der Waals surface area contributed by atoms with Crippen molar-refractivity contribution in [3.05, 3.63) is 5.82 Å². The van der Waals surface area contributed by atoms with E-state index in [9.17, 15) is 4.79 Å². The summed E-state index contributed by atoms with van der Waals surface area (Å²) in [5.74, 6) is 0.0341. The molecule has 0 bridgehead atoms. The molecule has 1 atom stereocenters. The molecule has 1 aromatic heterocycles. The van der Waals surface area contributed by atoms with Gasteiger partial charge in [-0.3, -0.25) is 0 Å². The lowest BCUT2D eigenvalue weighted by Crippen LogP contribution is -2.35. The van der Waals surface area contributed by atoms with Crippen molar-refractivity contribution in [1.29, 1.82) is 0 Å². The Kier molecular flexibility index (Phi) is 2.86. The van der Waals surface area contributed by atoms with E-state index in [0.717, 1.165) is 30.3 Å². The van der Waals surface area contributed by atoms with E-state index in [1.54, 1.807) is 0 Å². The Balaban J connectivity index is 2.18. The molecule has 0 saturated carbocycles. The number of carboxylic acids is 1. The molecule has 82 valence electrons. The Morgan fingerprint density at radius 3 is 3.13 bits per heavy atom. The number of hydrogen-bond donors (Lipinski definition) is 1. The molecule has 15 heavy (non-hydrogen) atoms. The van der Waals surface area contributed by atoms with Gasteiger partial charge in [-0.2, -0.15) is 4.37 Å². The molecule has 1 aliphatic heterocycles. The third kappa shape index (κ3) is 1.94. The molecule has 1 unspecified atom stereocenters. The Bertz CT molecular complexity index is 366. The SMILES string of the molecule is CCc1nsc(N2CCCC2C(=O)O)n1. The molecule has 1 N–H and O–H groups in total. The molecule has 1 saturated heterocycles. The number of carbonyl (C=O) groups is 1. The minimum absolute atomic E-state index is 0.414. The maximum Gasteiger partial charge on any atom is 0.326 e. The number of nitrogens with zero attached hydrogens (tertiary/aromatic N) is 3. The third-order valence-corrected chi connectivity index (χ3v) is 3.35. The summed E-state index contributed by atoms with van der Waals surface area (Å²) in [4.78, 5) is 17.1. The van der Waals surface area contributed by atoms with Crippen LogP contribution in [0.4, 0.5) is 5.13 Å². The number of anilines is 1. The van der Waals surface area contributed by atoms with Crippen LogP contribution in [-0.2, 0) is 11.2 Å². The minimum Gasteiger partial charge on any atom is -0.480 e. The van der Waals surface area contributed by atoms with Crippen LogP contribution in [0.2, 0.25) is 0 Å². The van der Waals surface area contributed by atoms with Crippen LogP contribution in [-0.4, -0.2) is 33.0 Å². The predicted molar refractivity (Wildman–Crippen MR) is 57.3 cm³/mol. The molecule has 1 aliphatic rings. The van der Waals surface area contributed by atoms with Crippen LogP contribution < -0.4 is 4.90 Å². The van der Waals surface area contributed by atoms with Gasteiger partial charge in [-0.1, -0.05) is 6.92 Å². The zero-order valence-electron chi connectivity index (χ0n) is 8.51. The second-order valence-corrected chi connectivity index (χ2v) is 4.27. The summed E-state index contributed by atoms with van der Waals surface area (Å²) in [5.41, 5.74) is 0. The topological polar surface area (TPSA) is 66.3 Å². The summed E-state index contributed by atoms with van der Waals surface area (Å²) in [6, 6.07) is -0.414. The van der Waals surface area contributed by atoms with Crippen LogP contribution in [0.5, 0.6) is 0 Å². The predicted octanol–water partition coefficient (Wildman–Crippen LogP) is 1.15. The highest BCUT2D eigenvalue weighted by atomic mass is 32.1. The smallest absolute Gasteiger partial charge is 0.326 e. The van der Waals surface area contributed by atoms with Gasteiger partial charge in [-0.25, -0.2) is 9.78 Å². The molecule has 0 radical (unpaired) electrons. The first-order valence-corrected chi connectivity index (χ1v) is 5.81. The Morgan fingerprint density at radius 2 is 2.53 bits per heavy atom. The van der Waals surface area contributed by atoms with Gasteiger partial charge in [0.2, 0.25) is 5.13 Å². The van der Waals surface area contributed by atoms with Crippen molar-refractivity contribution in [3.8, 4) is 0 Å². The number of aromatic nitrogens is 2.